The third kappa shape index (κ3) is 3.18. The Labute approximate surface area is 133 Å². The van der Waals surface area contributed by atoms with Crippen molar-refractivity contribution in [1.29, 1.82) is 0 Å². The number of hydrogen-bond donors (Lipinski definition) is 1. The van der Waals surface area contributed by atoms with Gasteiger partial charge in [0.1, 0.15) is 6.04 Å². The van der Waals surface area contributed by atoms with Crippen molar-refractivity contribution in [1.82, 2.24) is 9.62 Å². The van der Waals surface area contributed by atoms with E-state index < -0.39 is 16.1 Å². The molecule has 1 heterocycles. The number of carbonyl (C=O) groups is 1. The molecule has 1 saturated heterocycles. The van der Waals surface area contributed by atoms with E-state index in [1.54, 1.807) is 0 Å². The Balaban J connectivity index is 1.63. The highest BCUT2D eigenvalue weighted by molar-refractivity contribution is 7.88. The maximum Gasteiger partial charge on any atom is 0.238 e. The average Bonchev–Trinajstić information content (AvgIpc) is 3.09. The number of nitrogens with zero attached hydrogens (tertiary/aromatic N) is 1. The second kappa shape index (κ2) is 6.11. The summed E-state index contributed by atoms with van der Waals surface area (Å²) in [6.45, 7) is 2.57. The first-order valence-electron chi connectivity index (χ1n) is 8.63. The topological polar surface area (TPSA) is 66.5 Å². The van der Waals surface area contributed by atoms with Gasteiger partial charge in [-0.3, -0.25) is 4.79 Å². The summed E-state index contributed by atoms with van der Waals surface area (Å²) < 4.78 is 25.2. The third-order valence-electron chi connectivity index (χ3n) is 5.99. The Bertz CT molecular complexity index is 534. The molecule has 5 nitrogen and oxygen atoms in total. The van der Waals surface area contributed by atoms with Crippen LogP contribution in [0.5, 0.6) is 0 Å². The second-order valence-corrected chi connectivity index (χ2v) is 9.46. The minimum absolute atomic E-state index is 0.0969. The number of piperidine rings is 1. The van der Waals surface area contributed by atoms with Crippen LogP contribution in [0.1, 0.15) is 51.9 Å². The molecule has 0 aromatic heterocycles. The van der Waals surface area contributed by atoms with Crippen molar-refractivity contribution in [2.45, 2.75) is 64.0 Å². The molecule has 22 heavy (non-hydrogen) atoms. The van der Waals surface area contributed by atoms with Gasteiger partial charge in [-0.1, -0.05) is 12.8 Å². The summed E-state index contributed by atoms with van der Waals surface area (Å²) in [5, 5.41) is 3.13. The lowest BCUT2D eigenvalue weighted by molar-refractivity contribution is -0.126. The Morgan fingerprint density at radius 2 is 1.95 bits per heavy atom. The molecule has 126 valence electrons. The van der Waals surface area contributed by atoms with E-state index in [2.05, 4.69) is 12.2 Å². The summed E-state index contributed by atoms with van der Waals surface area (Å²) in [6, 6.07) is -0.351. The highest BCUT2D eigenvalue weighted by atomic mass is 32.2. The van der Waals surface area contributed by atoms with E-state index >= 15 is 0 Å². The number of hydrogen-bond acceptors (Lipinski definition) is 3. The molecule has 3 aliphatic rings. The van der Waals surface area contributed by atoms with Crippen LogP contribution >= 0.6 is 0 Å². The molecular weight excluding hydrogens is 300 g/mol. The van der Waals surface area contributed by atoms with Gasteiger partial charge in [0.25, 0.3) is 0 Å². The number of amides is 1. The molecule has 0 aromatic carbocycles. The van der Waals surface area contributed by atoms with Gasteiger partial charge in [0, 0.05) is 12.6 Å². The van der Waals surface area contributed by atoms with Crippen LogP contribution in [0, 0.1) is 17.8 Å². The molecule has 5 atom stereocenters. The highest BCUT2D eigenvalue weighted by Gasteiger charge is 2.43. The van der Waals surface area contributed by atoms with Gasteiger partial charge in [-0.15, -0.1) is 0 Å². The molecule has 0 radical (unpaired) electrons. The van der Waals surface area contributed by atoms with E-state index in [9.17, 15) is 13.2 Å². The van der Waals surface area contributed by atoms with Gasteiger partial charge in [-0.2, -0.15) is 4.31 Å². The lowest BCUT2D eigenvalue weighted by Crippen LogP contribution is -2.54. The van der Waals surface area contributed by atoms with Crippen molar-refractivity contribution >= 4 is 15.9 Å². The number of nitrogens with one attached hydrogen (secondary N) is 1. The molecule has 2 aliphatic carbocycles. The SMILES string of the molecule is CC(NC(=O)C1CCCCN1S(C)(=O)=O)C1CC2CCC1C2. The summed E-state index contributed by atoms with van der Waals surface area (Å²) in [7, 11) is -3.31. The van der Waals surface area contributed by atoms with Gasteiger partial charge in [-0.25, -0.2) is 8.42 Å². The Morgan fingerprint density at radius 3 is 2.55 bits per heavy atom. The van der Waals surface area contributed by atoms with Gasteiger partial charge < -0.3 is 5.32 Å². The maximum atomic E-state index is 12.6. The van der Waals surface area contributed by atoms with Crippen LogP contribution in [0.2, 0.25) is 0 Å². The first-order chi connectivity index (χ1) is 10.4. The van der Waals surface area contributed by atoms with E-state index in [4.69, 9.17) is 0 Å². The molecule has 3 fully saturated rings. The van der Waals surface area contributed by atoms with Crippen molar-refractivity contribution in [3.63, 3.8) is 0 Å². The zero-order valence-corrected chi connectivity index (χ0v) is 14.4. The van der Waals surface area contributed by atoms with E-state index in [1.807, 2.05) is 0 Å². The average molecular weight is 328 g/mol. The molecule has 6 heteroatoms. The van der Waals surface area contributed by atoms with Crippen LogP contribution in [0.3, 0.4) is 0 Å². The third-order valence-corrected chi connectivity index (χ3v) is 7.28. The van der Waals surface area contributed by atoms with Gasteiger partial charge in [0.2, 0.25) is 15.9 Å². The number of rotatable bonds is 4. The molecular formula is C16H28N2O3S. The largest absolute Gasteiger partial charge is 0.352 e. The van der Waals surface area contributed by atoms with Gasteiger partial charge in [0.15, 0.2) is 0 Å². The van der Waals surface area contributed by atoms with E-state index in [0.717, 1.165) is 24.7 Å². The lowest BCUT2D eigenvalue weighted by Gasteiger charge is -2.35. The zero-order valence-electron chi connectivity index (χ0n) is 13.6. The lowest BCUT2D eigenvalue weighted by atomic mass is 9.84. The molecule has 3 rings (SSSR count). The fourth-order valence-electron chi connectivity index (χ4n) is 4.90. The number of carbonyl (C=O) groups excluding carboxylic acids is 1. The summed E-state index contributed by atoms with van der Waals surface area (Å²) in [6.07, 6.45) is 8.82. The molecule has 5 unspecified atom stereocenters. The van der Waals surface area contributed by atoms with Gasteiger partial charge >= 0.3 is 0 Å². The van der Waals surface area contributed by atoms with Crippen LogP contribution < -0.4 is 5.32 Å². The summed E-state index contributed by atoms with van der Waals surface area (Å²) in [4.78, 5) is 12.6. The van der Waals surface area contributed by atoms with E-state index in [0.29, 0.717) is 18.9 Å². The fraction of sp³-hybridized carbons (Fsp3) is 0.938. The van der Waals surface area contributed by atoms with Crippen LogP contribution in [0.25, 0.3) is 0 Å². The molecule has 2 bridgehead atoms. The van der Waals surface area contributed by atoms with Crippen LogP contribution in [0.4, 0.5) is 0 Å². The first kappa shape index (κ1) is 16.2. The van der Waals surface area contributed by atoms with Crippen molar-refractivity contribution in [3.05, 3.63) is 0 Å². The fourth-order valence-corrected chi connectivity index (χ4v) is 6.02. The van der Waals surface area contributed by atoms with Crippen molar-refractivity contribution < 1.29 is 13.2 Å². The second-order valence-electron chi connectivity index (χ2n) is 7.52. The monoisotopic (exact) mass is 328 g/mol. The minimum Gasteiger partial charge on any atom is -0.352 e. The maximum absolute atomic E-state index is 12.6. The smallest absolute Gasteiger partial charge is 0.238 e. The predicted molar refractivity (Wildman–Crippen MR) is 85.7 cm³/mol. The predicted octanol–water partition coefficient (Wildman–Crippen LogP) is 1.74. The Kier molecular flexibility index (Phi) is 4.52. The van der Waals surface area contributed by atoms with Crippen LogP contribution in [-0.2, 0) is 14.8 Å². The van der Waals surface area contributed by atoms with Crippen molar-refractivity contribution in [3.8, 4) is 0 Å². The Hall–Kier alpha value is -0.620. The summed E-state index contributed by atoms with van der Waals surface area (Å²) in [5.41, 5.74) is 0. The molecule has 0 aromatic rings. The van der Waals surface area contributed by atoms with Gasteiger partial charge in [0.05, 0.1) is 6.26 Å². The van der Waals surface area contributed by atoms with Crippen LogP contribution in [0.15, 0.2) is 0 Å². The van der Waals surface area contributed by atoms with E-state index in [1.165, 1.54) is 36.2 Å². The van der Waals surface area contributed by atoms with Crippen molar-refractivity contribution in [2.24, 2.45) is 17.8 Å². The first-order valence-corrected chi connectivity index (χ1v) is 10.5. The summed E-state index contributed by atoms with van der Waals surface area (Å²) >= 11 is 0. The Morgan fingerprint density at radius 1 is 1.18 bits per heavy atom. The van der Waals surface area contributed by atoms with Crippen LogP contribution in [-0.4, -0.2) is 43.5 Å². The van der Waals surface area contributed by atoms with E-state index in [-0.39, 0.29) is 11.9 Å². The van der Waals surface area contributed by atoms with Crippen molar-refractivity contribution in [2.75, 3.05) is 12.8 Å². The molecule has 1 aliphatic heterocycles. The zero-order chi connectivity index (χ0) is 15.9. The minimum atomic E-state index is -3.31. The number of sulfonamides is 1. The quantitative estimate of drug-likeness (QED) is 0.855. The molecule has 1 amide bonds. The van der Waals surface area contributed by atoms with Gasteiger partial charge in [-0.05, 0) is 56.8 Å². The number of fused-ring (bicyclic) bond motifs is 2. The normalized spacial score (nSPS) is 37.2. The standard InChI is InChI=1S/C16H28N2O3S/c1-11(14-10-12-6-7-13(14)9-12)17-16(19)15-5-3-4-8-18(15)22(2,20)21/h11-15H,3-10H2,1-2H3,(H,17,19). The highest BCUT2D eigenvalue weighted by Crippen LogP contribution is 2.49. The molecule has 0 spiro atoms. The summed E-state index contributed by atoms with van der Waals surface area (Å²) in [5.74, 6) is 2.10. The molecule has 2 saturated carbocycles. The molecule has 1 N–H and O–H groups in total.